The zero-order valence-electron chi connectivity index (χ0n) is 9.03. The summed E-state index contributed by atoms with van der Waals surface area (Å²) in [6.45, 7) is 2.83. The van der Waals surface area contributed by atoms with Crippen molar-refractivity contribution in [1.29, 1.82) is 0 Å². The first-order valence-corrected chi connectivity index (χ1v) is 5.23. The van der Waals surface area contributed by atoms with E-state index in [0.29, 0.717) is 5.56 Å². The number of nitrogens with one attached hydrogen (secondary N) is 1. The molecule has 2 N–H and O–H groups in total. The van der Waals surface area contributed by atoms with Gasteiger partial charge in [0.15, 0.2) is 0 Å². The quantitative estimate of drug-likeness (QED) is 0.827. The second kappa shape index (κ2) is 4.23. The third kappa shape index (κ3) is 1.72. The smallest absolute Gasteiger partial charge is 0.336 e. The van der Waals surface area contributed by atoms with Crippen molar-refractivity contribution in [2.24, 2.45) is 0 Å². The van der Waals surface area contributed by atoms with Crippen molar-refractivity contribution in [3.8, 4) is 0 Å². The van der Waals surface area contributed by atoms with E-state index in [9.17, 15) is 4.79 Å². The van der Waals surface area contributed by atoms with Crippen LogP contribution in [0.5, 0.6) is 0 Å². The predicted molar refractivity (Wildman–Crippen MR) is 65.1 cm³/mol. The molecule has 0 radical (unpaired) electrons. The first kappa shape index (κ1) is 10.5. The van der Waals surface area contributed by atoms with E-state index in [-0.39, 0.29) is 0 Å². The summed E-state index contributed by atoms with van der Waals surface area (Å²) in [7, 11) is 0. The first-order chi connectivity index (χ1) is 7.74. The minimum Gasteiger partial charge on any atom is -0.478 e. The highest BCUT2D eigenvalue weighted by atomic mass is 16.4. The Morgan fingerprint density at radius 1 is 1.19 bits per heavy atom. The molecular formula is C13H13NO2. The lowest BCUT2D eigenvalue weighted by Crippen LogP contribution is -2.01. The lowest BCUT2D eigenvalue weighted by atomic mass is 10.0. The maximum atomic E-state index is 11.1. The molecule has 0 aromatic heterocycles. The number of aromatic carboxylic acids is 1. The molecule has 0 bridgehead atoms. The highest BCUT2D eigenvalue weighted by Gasteiger charge is 2.09. The van der Waals surface area contributed by atoms with Gasteiger partial charge in [0.25, 0.3) is 0 Å². The summed E-state index contributed by atoms with van der Waals surface area (Å²) in [4.78, 5) is 11.1. The Kier molecular flexibility index (Phi) is 2.77. The first-order valence-electron chi connectivity index (χ1n) is 5.23. The van der Waals surface area contributed by atoms with Gasteiger partial charge in [0.2, 0.25) is 0 Å². The van der Waals surface area contributed by atoms with Gasteiger partial charge in [-0.2, -0.15) is 0 Å². The number of hydrogen-bond donors (Lipinski definition) is 2. The van der Waals surface area contributed by atoms with Gasteiger partial charge in [-0.15, -0.1) is 0 Å². The lowest BCUT2D eigenvalue weighted by Gasteiger charge is -2.09. The molecule has 0 atom stereocenters. The Morgan fingerprint density at radius 2 is 1.88 bits per heavy atom. The van der Waals surface area contributed by atoms with E-state index < -0.39 is 5.97 Å². The maximum absolute atomic E-state index is 11.1. The molecule has 16 heavy (non-hydrogen) atoms. The number of anilines is 1. The Balaban J connectivity index is 2.71. The molecule has 3 nitrogen and oxygen atoms in total. The van der Waals surface area contributed by atoms with Crippen LogP contribution in [-0.2, 0) is 0 Å². The van der Waals surface area contributed by atoms with Crippen LogP contribution in [0.25, 0.3) is 10.8 Å². The summed E-state index contributed by atoms with van der Waals surface area (Å²) >= 11 is 0. The van der Waals surface area contributed by atoms with Crippen molar-refractivity contribution >= 4 is 22.4 Å². The summed E-state index contributed by atoms with van der Waals surface area (Å²) in [5, 5.41) is 14.0. The number of carbonyl (C=O) groups is 1. The Morgan fingerprint density at radius 3 is 2.50 bits per heavy atom. The molecule has 0 spiro atoms. The summed E-state index contributed by atoms with van der Waals surface area (Å²) in [5.41, 5.74) is 1.32. The average molecular weight is 215 g/mol. The van der Waals surface area contributed by atoms with Crippen LogP contribution in [0.2, 0.25) is 0 Å². The van der Waals surface area contributed by atoms with Crippen LogP contribution in [0.1, 0.15) is 17.3 Å². The number of hydrogen-bond acceptors (Lipinski definition) is 2. The topological polar surface area (TPSA) is 49.3 Å². The number of fused-ring (bicyclic) bond motifs is 1. The van der Waals surface area contributed by atoms with Crippen molar-refractivity contribution < 1.29 is 9.90 Å². The van der Waals surface area contributed by atoms with Crippen LogP contribution in [0, 0.1) is 0 Å². The fourth-order valence-electron chi connectivity index (χ4n) is 1.83. The molecule has 2 aromatic rings. The van der Waals surface area contributed by atoms with Gasteiger partial charge in [0.05, 0.1) is 5.56 Å². The Hall–Kier alpha value is -2.03. The van der Waals surface area contributed by atoms with E-state index >= 15 is 0 Å². The van der Waals surface area contributed by atoms with Crippen molar-refractivity contribution in [3.05, 3.63) is 42.0 Å². The molecule has 2 aromatic carbocycles. The van der Waals surface area contributed by atoms with Gasteiger partial charge in [-0.1, -0.05) is 24.3 Å². The van der Waals surface area contributed by atoms with E-state index in [0.717, 1.165) is 23.0 Å². The van der Waals surface area contributed by atoms with Crippen molar-refractivity contribution in [2.45, 2.75) is 6.92 Å². The van der Waals surface area contributed by atoms with Crippen molar-refractivity contribution in [3.63, 3.8) is 0 Å². The molecule has 0 aliphatic carbocycles. The molecule has 0 heterocycles. The van der Waals surface area contributed by atoms with Crippen LogP contribution < -0.4 is 5.32 Å². The number of benzene rings is 2. The molecule has 3 heteroatoms. The summed E-state index contributed by atoms with van der Waals surface area (Å²) in [5.74, 6) is -0.890. The zero-order valence-corrected chi connectivity index (χ0v) is 9.03. The van der Waals surface area contributed by atoms with Crippen molar-refractivity contribution in [1.82, 2.24) is 0 Å². The highest BCUT2D eigenvalue weighted by Crippen LogP contribution is 2.26. The second-order valence-corrected chi connectivity index (χ2v) is 3.54. The number of rotatable bonds is 3. The molecule has 0 saturated heterocycles. The SMILES string of the molecule is CCNc1ccc(C(=O)O)c2ccccc12. The number of carboxylic acid groups (broad SMARTS) is 1. The second-order valence-electron chi connectivity index (χ2n) is 3.54. The molecule has 0 aliphatic rings. The van der Waals surface area contributed by atoms with E-state index in [1.165, 1.54) is 0 Å². The minimum absolute atomic E-state index is 0.345. The monoisotopic (exact) mass is 215 g/mol. The fourth-order valence-corrected chi connectivity index (χ4v) is 1.83. The van der Waals surface area contributed by atoms with Gasteiger partial charge in [0.1, 0.15) is 0 Å². The fraction of sp³-hybridized carbons (Fsp3) is 0.154. The lowest BCUT2D eigenvalue weighted by molar-refractivity contribution is 0.0699. The molecule has 0 fully saturated rings. The molecular weight excluding hydrogens is 202 g/mol. The minimum atomic E-state index is -0.890. The van der Waals surface area contributed by atoms with Crippen LogP contribution in [0.4, 0.5) is 5.69 Å². The van der Waals surface area contributed by atoms with E-state index in [2.05, 4.69) is 5.32 Å². The molecule has 0 aliphatic heterocycles. The summed E-state index contributed by atoms with van der Waals surface area (Å²) in [6.07, 6.45) is 0. The van der Waals surface area contributed by atoms with Crippen LogP contribution in [0.15, 0.2) is 36.4 Å². The zero-order chi connectivity index (χ0) is 11.5. The normalized spacial score (nSPS) is 10.3. The van der Waals surface area contributed by atoms with Gasteiger partial charge in [-0.25, -0.2) is 4.79 Å². The maximum Gasteiger partial charge on any atom is 0.336 e. The molecule has 0 saturated carbocycles. The van der Waals surface area contributed by atoms with Gasteiger partial charge in [0, 0.05) is 17.6 Å². The Bertz CT molecular complexity index is 534. The average Bonchev–Trinajstić information content (AvgIpc) is 2.29. The largest absolute Gasteiger partial charge is 0.478 e. The van der Waals surface area contributed by atoms with Crippen LogP contribution >= 0.6 is 0 Å². The van der Waals surface area contributed by atoms with E-state index in [1.807, 2.05) is 37.3 Å². The van der Waals surface area contributed by atoms with Gasteiger partial charge >= 0.3 is 5.97 Å². The van der Waals surface area contributed by atoms with Crippen LogP contribution in [-0.4, -0.2) is 17.6 Å². The summed E-state index contributed by atoms with van der Waals surface area (Å²) < 4.78 is 0. The van der Waals surface area contributed by atoms with Gasteiger partial charge < -0.3 is 10.4 Å². The van der Waals surface area contributed by atoms with Crippen molar-refractivity contribution in [2.75, 3.05) is 11.9 Å². The van der Waals surface area contributed by atoms with E-state index in [1.54, 1.807) is 6.07 Å². The standard InChI is InChI=1S/C13H13NO2/c1-2-14-12-8-7-11(13(15)16)9-5-3-4-6-10(9)12/h3-8,14H,2H2,1H3,(H,15,16). The molecule has 82 valence electrons. The third-order valence-electron chi connectivity index (χ3n) is 2.52. The van der Waals surface area contributed by atoms with E-state index in [4.69, 9.17) is 5.11 Å². The third-order valence-corrected chi connectivity index (χ3v) is 2.52. The highest BCUT2D eigenvalue weighted by molar-refractivity contribution is 6.07. The van der Waals surface area contributed by atoms with Gasteiger partial charge in [-0.05, 0) is 24.4 Å². The number of carboxylic acids is 1. The molecule has 2 rings (SSSR count). The Labute approximate surface area is 93.7 Å². The molecule has 0 unspecified atom stereocenters. The predicted octanol–water partition coefficient (Wildman–Crippen LogP) is 2.97. The summed E-state index contributed by atoms with van der Waals surface area (Å²) in [6, 6.07) is 11.0. The molecule has 0 amide bonds. The van der Waals surface area contributed by atoms with Gasteiger partial charge in [-0.3, -0.25) is 0 Å². The van der Waals surface area contributed by atoms with Crippen LogP contribution in [0.3, 0.4) is 0 Å².